The van der Waals surface area contributed by atoms with Gasteiger partial charge in [-0.1, -0.05) is 18.2 Å². The minimum absolute atomic E-state index is 0.0819. The fourth-order valence-corrected chi connectivity index (χ4v) is 3.26. The van der Waals surface area contributed by atoms with Crippen LogP contribution in [0.15, 0.2) is 54.6 Å². The van der Waals surface area contributed by atoms with Gasteiger partial charge in [0.1, 0.15) is 5.75 Å². The van der Waals surface area contributed by atoms with Crippen LogP contribution in [0.1, 0.15) is 6.92 Å². The van der Waals surface area contributed by atoms with Crippen molar-refractivity contribution in [2.75, 3.05) is 6.61 Å². The zero-order valence-corrected chi connectivity index (χ0v) is 12.2. The van der Waals surface area contributed by atoms with Gasteiger partial charge in [-0.25, -0.2) is 4.57 Å². The molecule has 2 rings (SSSR count). The van der Waals surface area contributed by atoms with Gasteiger partial charge in [0.05, 0.1) is 16.8 Å². The average Bonchev–Trinajstić information content (AvgIpc) is 2.48. The van der Waals surface area contributed by atoms with Crippen molar-refractivity contribution in [3.8, 4) is 5.75 Å². The first-order valence-electron chi connectivity index (χ1n) is 6.29. The third kappa shape index (κ3) is 3.68. The molecule has 0 bridgehead atoms. The monoisotopic (exact) mass is 307 g/mol. The van der Waals surface area contributed by atoms with Crippen molar-refractivity contribution < 1.29 is 18.5 Å². The van der Waals surface area contributed by atoms with E-state index in [1.165, 1.54) is 24.3 Å². The second-order valence-electron chi connectivity index (χ2n) is 4.09. The molecule has 2 aromatic rings. The average molecular weight is 307 g/mol. The van der Waals surface area contributed by atoms with Crippen LogP contribution in [-0.2, 0) is 9.09 Å². The molecule has 0 fully saturated rings. The van der Waals surface area contributed by atoms with E-state index in [1.807, 2.05) is 6.07 Å². The first-order valence-corrected chi connectivity index (χ1v) is 7.83. The number of rotatable bonds is 6. The van der Waals surface area contributed by atoms with Crippen LogP contribution in [0.4, 0.5) is 5.69 Å². The van der Waals surface area contributed by atoms with Gasteiger partial charge in [-0.3, -0.25) is 14.6 Å². The van der Waals surface area contributed by atoms with Crippen LogP contribution in [0.3, 0.4) is 0 Å². The van der Waals surface area contributed by atoms with E-state index in [2.05, 4.69) is 0 Å². The van der Waals surface area contributed by atoms with Crippen molar-refractivity contribution in [1.29, 1.82) is 0 Å². The van der Waals surface area contributed by atoms with Crippen LogP contribution in [-0.4, -0.2) is 11.5 Å². The van der Waals surface area contributed by atoms with Crippen LogP contribution in [0.2, 0.25) is 0 Å². The maximum atomic E-state index is 12.9. The molecule has 0 aromatic heterocycles. The Labute approximate surface area is 122 Å². The number of non-ortho nitro benzene ring substituents is 1. The highest BCUT2D eigenvalue weighted by Gasteiger charge is 2.29. The van der Waals surface area contributed by atoms with Crippen molar-refractivity contribution in [1.82, 2.24) is 0 Å². The van der Waals surface area contributed by atoms with Crippen LogP contribution in [0.5, 0.6) is 5.75 Å². The molecular weight excluding hydrogens is 293 g/mol. The molecule has 21 heavy (non-hydrogen) atoms. The molecule has 0 aliphatic carbocycles. The van der Waals surface area contributed by atoms with E-state index in [-0.39, 0.29) is 17.6 Å². The SMILES string of the molecule is CCOP(=O)(Oc1ccccc1)c1ccc([N+](=O)[O-])cc1. The van der Waals surface area contributed by atoms with Gasteiger partial charge in [0.15, 0.2) is 0 Å². The number of nitrogens with zero attached hydrogens (tertiary/aromatic N) is 1. The first kappa shape index (κ1) is 15.2. The molecule has 0 saturated carbocycles. The molecule has 1 unspecified atom stereocenters. The molecule has 0 spiro atoms. The number of hydrogen-bond acceptors (Lipinski definition) is 5. The Balaban J connectivity index is 2.33. The third-order valence-corrected chi connectivity index (χ3v) is 4.62. The van der Waals surface area contributed by atoms with E-state index in [0.717, 1.165) is 0 Å². The summed E-state index contributed by atoms with van der Waals surface area (Å²) >= 11 is 0. The van der Waals surface area contributed by atoms with Crippen LogP contribution >= 0.6 is 7.60 Å². The normalized spacial score (nSPS) is 13.4. The Morgan fingerprint density at radius 2 is 1.71 bits per heavy atom. The molecule has 0 aliphatic heterocycles. The Morgan fingerprint density at radius 3 is 2.24 bits per heavy atom. The van der Waals surface area contributed by atoms with Gasteiger partial charge in [0, 0.05) is 12.1 Å². The van der Waals surface area contributed by atoms with Crippen molar-refractivity contribution in [2.24, 2.45) is 0 Å². The lowest BCUT2D eigenvalue weighted by atomic mass is 10.3. The van der Waals surface area contributed by atoms with Crippen LogP contribution in [0, 0.1) is 10.1 Å². The summed E-state index contributed by atoms with van der Waals surface area (Å²) in [4.78, 5) is 10.1. The summed E-state index contributed by atoms with van der Waals surface area (Å²) in [6.45, 7) is 1.90. The van der Waals surface area contributed by atoms with Crippen LogP contribution < -0.4 is 9.83 Å². The van der Waals surface area contributed by atoms with E-state index in [1.54, 1.807) is 31.2 Å². The highest BCUT2D eigenvalue weighted by molar-refractivity contribution is 7.62. The van der Waals surface area contributed by atoms with Gasteiger partial charge in [-0.2, -0.15) is 0 Å². The quantitative estimate of drug-likeness (QED) is 0.463. The Bertz CT molecular complexity index is 657. The Morgan fingerprint density at radius 1 is 1.10 bits per heavy atom. The highest BCUT2D eigenvalue weighted by atomic mass is 31.2. The van der Waals surface area contributed by atoms with Crippen molar-refractivity contribution in [2.45, 2.75) is 6.92 Å². The predicted molar refractivity (Wildman–Crippen MR) is 79.0 cm³/mol. The van der Waals surface area contributed by atoms with E-state index in [9.17, 15) is 14.7 Å². The van der Waals surface area contributed by atoms with Gasteiger partial charge < -0.3 is 4.52 Å². The lowest BCUT2D eigenvalue weighted by Crippen LogP contribution is -2.12. The van der Waals surface area contributed by atoms with Crippen molar-refractivity contribution in [3.63, 3.8) is 0 Å². The summed E-state index contributed by atoms with van der Waals surface area (Å²) < 4.78 is 23.6. The lowest BCUT2D eigenvalue weighted by molar-refractivity contribution is -0.384. The summed E-state index contributed by atoms with van der Waals surface area (Å²) in [5.74, 6) is 0.410. The number of nitro benzene ring substituents is 1. The maximum absolute atomic E-state index is 12.9. The van der Waals surface area contributed by atoms with Crippen LogP contribution in [0.25, 0.3) is 0 Å². The van der Waals surface area contributed by atoms with Gasteiger partial charge in [0.25, 0.3) is 5.69 Å². The third-order valence-electron chi connectivity index (χ3n) is 2.64. The second kappa shape index (κ2) is 6.52. The maximum Gasteiger partial charge on any atom is 0.410 e. The first-order chi connectivity index (χ1) is 10.0. The smallest absolute Gasteiger partial charge is 0.410 e. The molecule has 0 N–H and O–H groups in total. The molecule has 6 nitrogen and oxygen atoms in total. The molecule has 1 atom stereocenters. The highest BCUT2D eigenvalue weighted by Crippen LogP contribution is 2.47. The summed E-state index contributed by atoms with van der Waals surface area (Å²) in [6, 6.07) is 14.0. The largest absolute Gasteiger partial charge is 0.421 e. The van der Waals surface area contributed by atoms with Gasteiger partial charge in [0.2, 0.25) is 0 Å². The van der Waals surface area contributed by atoms with E-state index < -0.39 is 12.5 Å². The van der Waals surface area contributed by atoms with Crippen molar-refractivity contribution >= 4 is 18.6 Å². The zero-order chi connectivity index (χ0) is 15.3. The Kier molecular flexibility index (Phi) is 4.73. The number of hydrogen-bond donors (Lipinski definition) is 0. The minimum atomic E-state index is -3.57. The standard InChI is InChI=1S/C14H14NO5P/c1-2-19-21(18,20-13-6-4-3-5-7-13)14-10-8-12(9-11-14)15(16)17/h3-11H,2H2,1H3. The Hall–Kier alpha value is -2.17. The fraction of sp³-hybridized carbons (Fsp3) is 0.143. The minimum Gasteiger partial charge on any atom is -0.421 e. The second-order valence-corrected chi connectivity index (χ2v) is 6.05. The predicted octanol–water partition coefficient (Wildman–Crippen LogP) is 3.53. The number of benzene rings is 2. The fourth-order valence-electron chi connectivity index (χ4n) is 1.70. The molecule has 0 aliphatic rings. The van der Waals surface area contributed by atoms with Gasteiger partial charge in [-0.15, -0.1) is 0 Å². The topological polar surface area (TPSA) is 78.7 Å². The van der Waals surface area contributed by atoms with E-state index in [0.29, 0.717) is 5.75 Å². The van der Waals surface area contributed by atoms with Gasteiger partial charge >= 0.3 is 7.60 Å². The molecule has 0 saturated heterocycles. The van der Waals surface area contributed by atoms with Gasteiger partial charge in [-0.05, 0) is 31.2 Å². The summed E-state index contributed by atoms with van der Waals surface area (Å²) in [5.41, 5.74) is -0.0819. The summed E-state index contributed by atoms with van der Waals surface area (Å²) in [6.07, 6.45) is 0. The molecule has 0 heterocycles. The number of para-hydroxylation sites is 1. The molecular formula is C14H14NO5P. The van der Waals surface area contributed by atoms with Crippen molar-refractivity contribution in [3.05, 3.63) is 64.7 Å². The summed E-state index contributed by atoms with van der Waals surface area (Å²) in [5, 5.41) is 10.9. The van der Waals surface area contributed by atoms with E-state index >= 15 is 0 Å². The lowest BCUT2D eigenvalue weighted by Gasteiger charge is -2.18. The zero-order valence-electron chi connectivity index (χ0n) is 11.3. The number of nitro groups is 1. The molecule has 7 heteroatoms. The molecule has 0 radical (unpaired) electrons. The van der Waals surface area contributed by atoms with E-state index in [4.69, 9.17) is 9.05 Å². The molecule has 2 aromatic carbocycles. The summed E-state index contributed by atoms with van der Waals surface area (Å²) in [7, 11) is -3.57. The molecule has 110 valence electrons. The molecule has 0 amide bonds.